The van der Waals surface area contributed by atoms with Crippen LogP contribution in [-0.4, -0.2) is 27.6 Å². The molecule has 2 atom stereocenters. The number of aromatic nitrogens is 2. The lowest BCUT2D eigenvalue weighted by Gasteiger charge is -2.21. The van der Waals surface area contributed by atoms with Crippen LogP contribution in [0.5, 0.6) is 0 Å². The number of hydrogen-bond acceptors (Lipinski definition) is 3. The third-order valence-corrected chi connectivity index (χ3v) is 3.99. The summed E-state index contributed by atoms with van der Waals surface area (Å²) in [7, 11) is 0. The van der Waals surface area contributed by atoms with Crippen molar-refractivity contribution in [3.05, 3.63) is 18.2 Å². The number of hydrogen-bond donors (Lipinski definition) is 1. The summed E-state index contributed by atoms with van der Waals surface area (Å²) in [6.07, 6.45) is 6.03. The number of nitrogens with zero attached hydrogens (tertiary/aromatic N) is 2. The van der Waals surface area contributed by atoms with Gasteiger partial charge in [-0.25, -0.2) is 4.98 Å². The van der Waals surface area contributed by atoms with Gasteiger partial charge in [0.2, 0.25) is 0 Å². The van der Waals surface area contributed by atoms with E-state index < -0.39 is 0 Å². The van der Waals surface area contributed by atoms with Gasteiger partial charge in [0.15, 0.2) is 0 Å². The van der Waals surface area contributed by atoms with Crippen LogP contribution in [0.3, 0.4) is 0 Å². The van der Waals surface area contributed by atoms with E-state index >= 15 is 0 Å². The van der Waals surface area contributed by atoms with Gasteiger partial charge in [-0.15, -0.1) is 0 Å². The molecule has 0 fully saturated rings. The number of rotatable bonds is 6. The third kappa shape index (κ3) is 3.25. The zero-order valence-electron chi connectivity index (χ0n) is 10.7. The van der Waals surface area contributed by atoms with Crippen molar-refractivity contribution in [2.45, 2.75) is 38.5 Å². The molecule has 0 aliphatic carbocycles. The summed E-state index contributed by atoms with van der Waals surface area (Å²) in [4.78, 5) is 4.26. The van der Waals surface area contributed by atoms with E-state index in [2.05, 4.69) is 36.6 Å². The van der Waals surface area contributed by atoms with E-state index in [1.54, 1.807) is 0 Å². The van der Waals surface area contributed by atoms with Crippen LogP contribution < -0.4 is 5.73 Å². The summed E-state index contributed by atoms with van der Waals surface area (Å²) in [5.74, 6) is 0.974. The smallest absolute Gasteiger partial charge is 0.0948 e. The van der Waals surface area contributed by atoms with Gasteiger partial charge in [-0.05, 0) is 12.2 Å². The summed E-state index contributed by atoms with van der Waals surface area (Å²) in [5.41, 5.74) is 7.13. The molecular weight excluding hydrogens is 218 g/mol. The standard InChI is InChI=1S/C12H23N3S/c1-9(2)11(5-13)12-6-14-8-15(12)7-10(3)16-4/h6,8-11H,5,7,13H2,1-4H3. The molecule has 1 rings (SSSR count). The van der Waals surface area contributed by atoms with E-state index in [1.807, 2.05) is 24.3 Å². The molecular formula is C12H23N3S. The molecule has 2 N–H and O–H groups in total. The van der Waals surface area contributed by atoms with Gasteiger partial charge in [0, 0.05) is 36.1 Å². The van der Waals surface area contributed by atoms with Crippen molar-refractivity contribution in [1.82, 2.24) is 9.55 Å². The Kier molecular flexibility index (Phi) is 5.35. The predicted octanol–water partition coefficient (Wildman–Crippen LogP) is 2.33. The van der Waals surface area contributed by atoms with Crippen molar-refractivity contribution in [2.75, 3.05) is 12.8 Å². The Hall–Kier alpha value is -0.480. The Balaban J connectivity index is 2.83. The molecule has 92 valence electrons. The normalized spacial score (nSPS) is 15.4. The second kappa shape index (κ2) is 6.30. The first-order chi connectivity index (χ1) is 7.60. The van der Waals surface area contributed by atoms with Crippen molar-refractivity contribution in [1.29, 1.82) is 0 Å². The molecule has 0 spiro atoms. The minimum atomic E-state index is 0.413. The molecule has 0 amide bonds. The van der Waals surface area contributed by atoms with Crippen LogP contribution >= 0.6 is 11.8 Å². The highest BCUT2D eigenvalue weighted by atomic mass is 32.2. The summed E-state index contributed by atoms with van der Waals surface area (Å²) >= 11 is 1.88. The van der Waals surface area contributed by atoms with Crippen molar-refractivity contribution in [3.63, 3.8) is 0 Å². The van der Waals surface area contributed by atoms with E-state index in [-0.39, 0.29) is 0 Å². The maximum atomic E-state index is 5.85. The molecule has 0 aromatic carbocycles. The maximum Gasteiger partial charge on any atom is 0.0948 e. The third-order valence-electron chi connectivity index (χ3n) is 3.04. The lowest BCUT2D eigenvalue weighted by molar-refractivity contribution is 0.471. The Morgan fingerprint density at radius 2 is 2.12 bits per heavy atom. The van der Waals surface area contributed by atoms with Gasteiger partial charge in [-0.3, -0.25) is 0 Å². The fourth-order valence-corrected chi connectivity index (χ4v) is 2.19. The van der Waals surface area contributed by atoms with E-state index in [4.69, 9.17) is 5.73 Å². The lowest BCUT2D eigenvalue weighted by Crippen LogP contribution is -2.22. The Bertz CT molecular complexity index is 309. The van der Waals surface area contributed by atoms with Crippen LogP contribution in [0.4, 0.5) is 0 Å². The lowest BCUT2D eigenvalue weighted by atomic mass is 9.93. The second-order valence-electron chi connectivity index (χ2n) is 4.60. The molecule has 16 heavy (non-hydrogen) atoms. The van der Waals surface area contributed by atoms with Crippen molar-refractivity contribution in [2.24, 2.45) is 11.7 Å². The van der Waals surface area contributed by atoms with Gasteiger partial charge in [-0.1, -0.05) is 20.8 Å². The molecule has 2 unspecified atom stereocenters. The van der Waals surface area contributed by atoms with Crippen LogP contribution in [-0.2, 0) is 6.54 Å². The molecule has 0 aliphatic rings. The average Bonchev–Trinajstić information content (AvgIpc) is 2.67. The molecule has 0 saturated heterocycles. The van der Waals surface area contributed by atoms with Crippen molar-refractivity contribution in [3.8, 4) is 0 Å². The molecule has 0 aliphatic heterocycles. The van der Waals surface area contributed by atoms with Gasteiger partial charge in [-0.2, -0.15) is 11.8 Å². The monoisotopic (exact) mass is 241 g/mol. The second-order valence-corrected chi connectivity index (χ2v) is 5.88. The van der Waals surface area contributed by atoms with Crippen molar-refractivity contribution >= 4 is 11.8 Å². The molecule has 3 nitrogen and oxygen atoms in total. The first kappa shape index (κ1) is 13.6. The van der Waals surface area contributed by atoms with Gasteiger partial charge in [0.05, 0.1) is 6.33 Å². The summed E-state index contributed by atoms with van der Waals surface area (Å²) < 4.78 is 2.25. The zero-order valence-corrected chi connectivity index (χ0v) is 11.5. The average molecular weight is 241 g/mol. The zero-order chi connectivity index (χ0) is 12.1. The van der Waals surface area contributed by atoms with E-state index in [9.17, 15) is 0 Å². The van der Waals surface area contributed by atoms with Gasteiger partial charge in [0.25, 0.3) is 0 Å². The quantitative estimate of drug-likeness (QED) is 0.831. The van der Waals surface area contributed by atoms with E-state index in [0.29, 0.717) is 23.6 Å². The summed E-state index contributed by atoms with van der Waals surface area (Å²) in [6, 6.07) is 0. The number of thioether (sulfide) groups is 1. The van der Waals surface area contributed by atoms with E-state index in [1.165, 1.54) is 5.69 Å². The minimum Gasteiger partial charge on any atom is -0.333 e. The van der Waals surface area contributed by atoms with Gasteiger partial charge >= 0.3 is 0 Å². The van der Waals surface area contributed by atoms with Gasteiger partial charge < -0.3 is 10.3 Å². The highest BCUT2D eigenvalue weighted by Gasteiger charge is 2.18. The molecule has 0 saturated carbocycles. The molecule has 0 radical (unpaired) electrons. The first-order valence-electron chi connectivity index (χ1n) is 5.83. The Morgan fingerprint density at radius 3 is 2.62 bits per heavy atom. The minimum absolute atomic E-state index is 0.413. The summed E-state index contributed by atoms with van der Waals surface area (Å²) in [6.45, 7) is 8.37. The van der Waals surface area contributed by atoms with Crippen LogP contribution in [0.1, 0.15) is 32.4 Å². The highest BCUT2D eigenvalue weighted by Crippen LogP contribution is 2.23. The molecule has 1 aromatic rings. The maximum absolute atomic E-state index is 5.85. The Labute approximate surface area is 103 Å². The fourth-order valence-electron chi connectivity index (χ4n) is 1.88. The number of imidazole rings is 1. The van der Waals surface area contributed by atoms with E-state index in [0.717, 1.165) is 6.54 Å². The largest absolute Gasteiger partial charge is 0.333 e. The first-order valence-corrected chi connectivity index (χ1v) is 7.11. The Morgan fingerprint density at radius 1 is 1.44 bits per heavy atom. The summed E-state index contributed by atoms with van der Waals surface area (Å²) in [5, 5.41) is 0.610. The molecule has 0 bridgehead atoms. The molecule has 1 heterocycles. The molecule has 4 heteroatoms. The van der Waals surface area contributed by atoms with Crippen LogP contribution in [0.15, 0.2) is 12.5 Å². The van der Waals surface area contributed by atoms with Crippen LogP contribution in [0.2, 0.25) is 0 Å². The highest BCUT2D eigenvalue weighted by molar-refractivity contribution is 7.99. The van der Waals surface area contributed by atoms with Gasteiger partial charge in [0.1, 0.15) is 0 Å². The number of nitrogens with two attached hydrogens (primary N) is 1. The molecule has 1 aromatic heterocycles. The van der Waals surface area contributed by atoms with Crippen LogP contribution in [0.25, 0.3) is 0 Å². The van der Waals surface area contributed by atoms with Crippen LogP contribution in [0, 0.1) is 5.92 Å². The van der Waals surface area contributed by atoms with Crippen molar-refractivity contribution < 1.29 is 0 Å². The SMILES string of the molecule is CSC(C)Cn1cncc1C(CN)C(C)C. The topological polar surface area (TPSA) is 43.8 Å². The fraction of sp³-hybridized carbons (Fsp3) is 0.750. The predicted molar refractivity (Wildman–Crippen MR) is 71.8 cm³/mol.